The summed E-state index contributed by atoms with van der Waals surface area (Å²) in [4.78, 5) is 4.06. The third-order valence-corrected chi connectivity index (χ3v) is 2.97. The lowest BCUT2D eigenvalue weighted by molar-refractivity contribution is 0.485. The summed E-state index contributed by atoms with van der Waals surface area (Å²) in [6.07, 6.45) is 1.66. The van der Waals surface area contributed by atoms with Gasteiger partial charge in [-0.15, -0.1) is 0 Å². The molecule has 1 aromatic heterocycles. The number of nitrogen functional groups attached to an aromatic ring is 1. The average molecular weight is 277 g/mol. The Morgan fingerprint density at radius 1 is 0.810 bits per heavy atom. The highest BCUT2D eigenvalue weighted by Crippen LogP contribution is 2.32. The molecule has 21 heavy (non-hydrogen) atoms. The number of ether oxygens (including phenoxy) is 1. The number of para-hydroxylation sites is 3. The van der Waals surface area contributed by atoms with Crippen molar-refractivity contribution in [3.05, 3.63) is 72.9 Å². The van der Waals surface area contributed by atoms with Gasteiger partial charge in [-0.2, -0.15) is 0 Å². The molecule has 104 valence electrons. The van der Waals surface area contributed by atoms with E-state index in [0.29, 0.717) is 5.82 Å². The second-order valence-electron chi connectivity index (χ2n) is 4.47. The Morgan fingerprint density at radius 3 is 2.33 bits per heavy atom. The molecule has 0 unspecified atom stereocenters. The zero-order valence-corrected chi connectivity index (χ0v) is 11.4. The van der Waals surface area contributed by atoms with Crippen molar-refractivity contribution in [3.63, 3.8) is 0 Å². The fourth-order valence-electron chi connectivity index (χ4n) is 1.94. The maximum absolute atomic E-state index is 5.90. The number of rotatable bonds is 4. The average Bonchev–Trinajstić information content (AvgIpc) is 2.52. The second kappa shape index (κ2) is 5.96. The van der Waals surface area contributed by atoms with E-state index >= 15 is 0 Å². The van der Waals surface area contributed by atoms with Gasteiger partial charge >= 0.3 is 0 Å². The molecule has 0 saturated heterocycles. The van der Waals surface area contributed by atoms with Crippen molar-refractivity contribution < 1.29 is 4.74 Å². The molecule has 0 fully saturated rings. The van der Waals surface area contributed by atoms with Gasteiger partial charge in [0.1, 0.15) is 11.6 Å². The molecule has 4 heteroatoms. The van der Waals surface area contributed by atoms with Crippen LogP contribution in [0.5, 0.6) is 11.5 Å². The minimum atomic E-state index is 0.451. The summed E-state index contributed by atoms with van der Waals surface area (Å²) >= 11 is 0. The number of benzene rings is 2. The Hall–Kier alpha value is -3.01. The molecule has 0 atom stereocenters. The number of pyridine rings is 1. The zero-order valence-electron chi connectivity index (χ0n) is 11.4. The van der Waals surface area contributed by atoms with E-state index in [9.17, 15) is 0 Å². The number of hydrogen-bond donors (Lipinski definition) is 2. The van der Waals surface area contributed by atoms with Crippen LogP contribution in [0.15, 0.2) is 72.9 Å². The van der Waals surface area contributed by atoms with Gasteiger partial charge in [0.2, 0.25) is 0 Å². The summed E-state index contributed by atoms with van der Waals surface area (Å²) in [5.74, 6) is 1.96. The molecular formula is C17H15N3O. The van der Waals surface area contributed by atoms with E-state index < -0.39 is 0 Å². The van der Waals surface area contributed by atoms with Crippen molar-refractivity contribution in [1.82, 2.24) is 4.98 Å². The van der Waals surface area contributed by atoms with Crippen LogP contribution in [0.1, 0.15) is 0 Å². The van der Waals surface area contributed by atoms with Gasteiger partial charge < -0.3 is 15.8 Å². The summed E-state index contributed by atoms with van der Waals surface area (Å²) in [5.41, 5.74) is 7.44. The molecule has 0 aliphatic carbocycles. The van der Waals surface area contributed by atoms with E-state index in [2.05, 4.69) is 10.3 Å². The molecule has 0 bridgehead atoms. The van der Waals surface area contributed by atoms with Crippen LogP contribution in [0, 0.1) is 0 Å². The van der Waals surface area contributed by atoms with Crippen molar-refractivity contribution >= 4 is 17.2 Å². The smallest absolute Gasteiger partial charge is 0.150 e. The Labute approximate surface area is 123 Å². The third kappa shape index (κ3) is 3.12. The topological polar surface area (TPSA) is 60.2 Å². The van der Waals surface area contributed by atoms with Crippen molar-refractivity contribution in [3.8, 4) is 11.5 Å². The summed E-state index contributed by atoms with van der Waals surface area (Å²) < 4.78 is 5.90. The first-order valence-corrected chi connectivity index (χ1v) is 6.62. The maximum atomic E-state index is 5.90. The van der Waals surface area contributed by atoms with E-state index in [1.54, 1.807) is 6.20 Å². The molecule has 3 N–H and O–H groups in total. The van der Waals surface area contributed by atoms with Gasteiger partial charge in [-0.25, -0.2) is 4.98 Å². The Bertz CT molecular complexity index is 729. The standard InChI is InChI=1S/C17H15N3O/c18-17-15(10-6-12-19-17)20-14-9-4-5-11-16(14)21-13-7-2-1-3-8-13/h1-12,20H,(H2,18,19). The van der Waals surface area contributed by atoms with Gasteiger partial charge in [0, 0.05) is 6.20 Å². The number of anilines is 3. The Kier molecular flexibility index (Phi) is 3.69. The third-order valence-electron chi connectivity index (χ3n) is 2.97. The van der Waals surface area contributed by atoms with E-state index in [-0.39, 0.29) is 0 Å². The molecule has 3 aromatic rings. The molecule has 0 aliphatic rings. The van der Waals surface area contributed by atoms with Crippen LogP contribution in [-0.2, 0) is 0 Å². The Balaban J connectivity index is 1.88. The molecule has 0 amide bonds. The van der Waals surface area contributed by atoms with Crippen molar-refractivity contribution in [2.75, 3.05) is 11.1 Å². The van der Waals surface area contributed by atoms with Crippen molar-refractivity contribution in [2.45, 2.75) is 0 Å². The molecule has 0 radical (unpaired) electrons. The lowest BCUT2D eigenvalue weighted by Crippen LogP contribution is -1.99. The fraction of sp³-hybridized carbons (Fsp3) is 0. The molecule has 0 spiro atoms. The van der Waals surface area contributed by atoms with Crippen LogP contribution in [0.2, 0.25) is 0 Å². The van der Waals surface area contributed by atoms with Crippen LogP contribution < -0.4 is 15.8 Å². The highest BCUT2D eigenvalue weighted by atomic mass is 16.5. The minimum Gasteiger partial charge on any atom is -0.455 e. The molecule has 3 rings (SSSR count). The largest absolute Gasteiger partial charge is 0.455 e. The van der Waals surface area contributed by atoms with Crippen LogP contribution >= 0.6 is 0 Å². The second-order valence-corrected chi connectivity index (χ2v) is 4.47. The maximum Gasteiger partial charge on any atom is 0.150 e. The van der Waals surface area contributed by atoms with E-state index in [1.165, 1.54) is 0 Å². The van der Waals surface area contributed by atoms with Gasteiger partial charge in [0.05, 0.1) is 11.4 Å². The van der Waals surface area contributed by atoms with Gasteiger partial charge in [-0.1, -0.05) is 30.3 Å². The summed E-state index contributed by atoms with van der Waals surface area (Å²) in [6, 6.07) is 21.1. The van der Waals surface area contributed by atoms with Crippen LogP contribution in [0.4, 0.5) is 17.2 Å². The monoisotopic (exact) mass is 277 g/mol. The minimum absolute atomic E-state index is 0.451. The van der Waals surface area contributed by atoms with E-state index in [4.69, 9.17) is 10.5 Å². The number of hydrogen-bond acceptors (Lipinski definition) is 4. The first-order valence-electron chi connectivity index (χ1n) is 6.62. The summed E-state index contributed by atoms with van der Waals surface area (Å²) in [6.45, 7) is 0. The van der Waals surface area contributed by atoms with Gasteiger partial charge in [0.25, 0.3) is 0 Å². The van der Waals surface area contributed by atoms with Crippen LogP contribution in [-0.4, -0.2) is 4.98 Å². The van der Waals surface area contributed by atoms with Gasteiger partial charge in [-0.05, 0) is 36.4 Å². The SMILES string of the molecule is Nc1ncccc1Nc1ccccc1Oc1ccccc1. The molecule has 0 saturated carbocycles. The normalized spacial score (nSPS) is 10.1. The number of nitrogens with zero attached hydrogens (tertiary/aromatic N) is 1. The van der Waals surface area contributed by atoms with Crippen LogP contribution in [0.25, 0.3) is 0 Å². The summed E-state index contributed by atoms with van der Waals surface area (Å²) in [7, 11) is 0. The van der Waals surface area contributed by atoms with Crippen molar-refractivity contribution in [1.29, 1.82) is 0 Å². The van der Waals surface area contributed by atoms with Gasteiger partial charge in [-0.3, -0.25) is 0 Å². The number of nitrogens with two attached hydrogens (primary N) is 1. The van der Waals surface area contributed by atoms with Crippen molar-refractivity contribution in [2.24, 2.45) is 0 Å². The highest BCUT2D eigenvalue weighted by molar-refractivity contribution is 5.73. The molecular weight excluding hydrogens is 262 g/mol. The summed E-state index contributed by atoms with van der Waals surface area (Å²) in [5, 5.41) is 3.25. The predicted molar refractivity (Wildman–Crippen MR) is 84.9 cm³/mol. The van der Waals surface area contributed by atoms with E-state index in [0.717, 1.165) is 22.9 Å². The van der Waals surface area contributed by atoms with Crippen LogP contribution in [0.3, 0.4) is 0 Å². The Morgan fingerprint density at radius 2 is 1.52 bits per heavy atom. The molecule has 2 aromatic carbocycles. The highest BCUT2D eigenvalue weighted by Gasteiger charge is 2.06. The zero-order chi connectivity index (χ0) is 14.5. The number of aromatic nitrogens is 1. The first-order chi connectivity index (χ1) is 10.3. The van der Waals surface area contributed by atoms with E-state index in [1.807, 2.05) is 66.7 Å². The molecule has 4 nitrogen and oxygen atoms in total. The number of nitrogens with one attached hydrogen (secondary N) is 1. The lowest BCUT2D eigenvalue weighted by atomic mass is 10.2. The van der Waals surface area contributed by atoms with Gasteiger partial charge in [0.15, 0.2) is 5.75 Å². The fourth-order valence-corrected chi connectivity index (χ4v) is 1.94. The quantitative estimate of drug-likeness (QED) is 0.750. The molecule has 1 heterocycles. The molecule has 0 aliphatic heterocycles. The first kappa shape index (κ1) is 13.0. The predicted octanol–water partition coefficient (Wildman–Crippen LogP) is 4.20. The lowest BCUT2D eigenvalue weighted by Gasteiger charge is -2.13.